The van der Waals surface area contributed by atoms with Crippen LogP contribution >= 0.6 is 22.9 Å². The third kappa shape index (κ3) is 2.73. The summed E-state index contributed by atoms with van der Waals surface area (Å²) in [6, 6.07) is 5.49. The summed E-state index contributed by atoms with van der Waals surface area (Å²) < 4.78 is 0.967. The average Bonchev–Trinajstić information content (AvgIpc) is 2.67. The maximum Gasteiger partial charge on any atom is 0.228 e. The number of thiazole rings is 1. The number of nitrogens with one attached hydrogen (secondary N) is 1. The van der Waals surface area contributed by atoms with E-state index in [9.17, 15) is 4.79 Å². The Labute approximate surface area is 120 Å². The van der Waals surface area contributed by atoms with Crippen LogP contribution in [0, 0.1) is 0 Å². The van der Waals surface area contributed by atoms with Gasteiger partial charge in [-0.3, -0.25) is 4.79 Å². The summed E-state index contributed by atoms with van der Waals surface area (Å²) in [6.45, 7) is 0. The van der Waals surface area contributed by atoms with E-state index < -0.39 is 0 Å². The molecule has 0 bridgehead atoms. The average molecular weight is 296 g/mol. The van der Waals surface area contributed by atoms with Gasteiger partial charge in [0.2, 0.25) is 5.91 Å². The normalized spacial score (nSPS) is 17.2. The molecule has 1 saturated carbocycles. The van der Waals surface area contributed by atoms with E-state index in [1.165, 1.54) is 11.3 Å². The number of anilines is 1. The summed E-state index contributed by atoms with van der Waals surface area (Å²) in [5.41, 5.74) is 6.60. The Balaban J connectivity index is 1.72. The van der Waals surface area contributed by atoms with Gasteiger partial charge in [-0.05, 0) is 37.5 Å². The zero-order valence-corrected chi connectivity index (χ0v) is 11.9. The molecule has 3 rings (SSSR count). The van der Waals surface area contributed by atoms with Gasteiger partial charge in [0.05, 0.1) is 10.2 Å². The number of amides is 1. The Morgan fingerprint density at radius 3 is 3.00 bits per heavy atom. The maximum absolute atomic E-state index is 11.9. The van der Waals surface area contributed by atoms with E-state index in [0.29, 0.717) is 16.6 Å². The molecule has 100 valence electrons. The predicted molar refractivity (Wildman–Crippen MR) is 78.6 cm³/mol. The van der Waals surface area contributed by atoms with Crippen LogP contribution in [0.15, 0.2) is 18.2 Å². The number of halogens is 1. The van der Waals surface area contributed by atoms with E-state index in [0.717, 1.165) is 29.5 Å². The highest BCUT2D eigenvalue weighted by molar-refractivity contribution is 7.22. The smallest absolute Gasteiger partial charge is 0.228 e. The second kappa shape index (κ2) is 4.74. The molecule has 19 heavy (non-hydrogen) atoms. The minimum absolute atomic E-state index is 0.0626. The molecule has 0 atom stereocenters. The molecule has 2 aromatic rings. The molecule has 6 heteroatoms. The molecule has 1 aromatic carbocycles. The zero-order chi connectivity index (χ0) is 13.5. The Morgan fingerprint density at radius 1 is 1.53 bits per heavy atom. The zero-order valence-electron chi connectivity index (χ0n) is 10.3. The summed E-state index contributed by atoms with van der Waals surface area (Å²) in [6.07, 6.45) is 3.33. The molecular formula is C13H14ClN3OS. The lowest BCUT2D eigenvalue weighted by atomic mass is 9.75. The van der Waals surface area contributed by atoms with Gasteiger partial charge >= 0.3 is 0 Å². The van der Waals surface area contributed by atoms with E-state index in [1.807, 2.05) is 12.1 Å². The molecular weight excluding hydrogens is 282 g/mol. The fraction of sp³-hybridized carbons (Fsp3) is 0.385. The van der Waals surface area contributed by atoms with Crippen LogP contribution in [0.25, 0.3) is 10.2 Å². The summed E-state index contributed by atoms with van der Waals surface area (Å²) in [5.74, 6) is -0.0626. The molecule has 1 fully saturated rings. The molecule has 0 saturated heterocycles. The van der Waals surface area contributed by atoms with Crippen LogP contribution in [0.5, 0.6) is 0 Å². The topological polar surface area (TPSA) is 68.0 Å². The van der Waals surface area contributed by atoms with Gasteiger partial charge in [0.25, 0.3) is 0 Å². The number of nitrogens with zero attached hydrogens (tertiary/aromatic N) is 1. The Kier molecular flexibility index (Phi) is 3.20. The van der Waals surface area contributed by atoms with Gasteiger partial charge in [-0.1, -0.05) is 22.9 Å². The molecule has 0 radical (unpaired) electrons. The van der Waals surface area contributed by atoms with Gasteiger partial charge < -0.3 is 11.1 Å². The molecule has 1 aromatic heterocycles. The first kappa shape index (κ1) is 12.8. The predicted octanol–water partition coefficient (Wildman–Crippen LogP) is 3.16. The number of nitrogens with two attached hydrogens (primary N) is 1. The van der Waals surface area contributed by atoms with Crippen molar-refractivity contribution >= 4 is 44.2 Å². The van der Waals surface area contributed by atoms with Gasteiger partial charge in [0.15, 0.2) is 5.13 Å². The first-order valence-corrected chi connectivity index (χ1v) is 7.38. The van der Waals surface area contributed by atoms with Crippen molar-refractivity contribution in [2.45, 2.75) is 31.2 Å². The van der Waals surface area contributed by atoms with Gasteiger partial charge in [0.1, 0.15) is 0 Å². The number of aromatic nitrogens is 1. The van der Waals surface area contributed by atoms with Crippen molar-refractivity contribution in [2.75, 3.05) is 5.32 Å². The number of carbonyl (C=O) groups is 1. The molecule has 4 nitrogen and oxygen atoms in total. The second-order valence-corrected chi connectivity index (χ2v) is 6.54. The lowest BCUT2D eigenvalue weighted by Gasteiger charge is -2.37. The molecule has 1 amide bonds. The van der Waals surface area contributed by atoms with Gasteiger partial charge in [0, 0.05) is 17.0 Å². The van der Waals surface area contributed by atoms with Crippen molar-refractivity contribution in [1.29, 1.82) is 0 Å². The van der Waals surface area contributed by atoms with Crippen LogP contribution in [-0.2, 0) is 4.79 Å². The Hall–Kier alpha value is -1.17. The quantitative estimate of drug-likeness (QED) is 0.914. The summed E-state index contributed by atoms with van der Waals surface area (Å²) in [5, 5.41) is 4.09. The van der Waals surface area contributed by atoms with E-state index >= 15 is 0 Å². The molecule has 1 heterocycles. The monoisotopic (exact) mass is 295 g/mol. The molecule has 0 aliphatic heterocycles. The van der Waals surface area contributed by atoms with E-state index in [1.54, 1.807) is 6.07 Å². The molecule has 0 unspecified atom stereocenters. The number of carbonyl (C=O) groups excluding carboxylic acids is 1. The molecule has 1 aliphatic rings. The minimum Gasteiger partial charge on any atom is -0.325 e. The largest absolute Gasteiger partial charge is 0.325 e. The third-order valence-corrected chi connectivity index (χ3v) is 4.63. The van der Waals surface area contributed by atoms with Gasteiger partial charge in [-0.25, -0.2) is 4.98 Å². The van der Waals surface area contributed by atoms with Crippen LogP contribution in [0.1, 0.15) is 25.7 Å². The highest BCUT2D eigenvalue weighted by Gasteiger charge is 2.34. The number of hydrogen-bond donors (Lipinski definition) is 2. The van der Waals surface area contributed by atoms with Crippen molar-refractivity contribution < 1.29 is 4.79 Å². The first-order valence-electron chi connectivity index (χ1n) is 6.19. The van der Waals surface area contributed by atoms with Crippen LogP contribution in [0.2, 0.25) is 5.02 Å². The number of benzene rings is 1. The number of rotatable bonds is 3. The highest BCUT2D eigenvalue weighted by atomic mass is 35.5. The molecule has 0 spiro atoms. The maximum atomic E-state index is 11.9. The van der Waals surface area contributed by atoms with Crippen LogP contribution in [-0.4, -0.2) is 16.4 Å². The summed E-state index contributed by atoms with van der Waals surface area (Å²) in [7, 11) is 0. The summed E-state index contributed by atoms with van der Waals surface area (Å²) in [4.78, 5) is 16.3. The molecule has 3 N–H and O–H groups in total. The van der Waals surface area contributed by atoms with Crippen molar-refractivity contribution in [1.82, 2.24) is 4.98 Å². The lowest BCUT2D eigenvalue weighted by molar-refractivity contribution is -0.118. The standard InChI is InChI=1S/C13H14ClN3OS/c14-8-2-3-9-10(6-8)19-12(16-9)17-11(18)7-13(15)4-1-5-13/h2-3,6H,1,4-5,7,15H2,(H,16,17,18). The fourth-order valence-electron chi connectivity index (χ4n) is 2.24. The Morgan fingerprint density at radius 2 is 2.32 bits per heavy atom. The number of fused-ring (bicyclic) bond motifs is 1. The van der Waals surface area contributed by atoms with Crippen molar-refractivity contribution in [3.8, 4) is 0 Å². The first-order chi connectivity index (χ1) is 9.04. The van der Waals surface area contributed by atoms with Crippen molar-refractivity contribution in [2.24, 2.45) is 5.73 Å². The highest BCUT2D eigenvalue weighted by Crippen LogP contribution is 2.33. The Bertz CT molecular complexity index is 636. The fourth-order valence-corrected chi connectivity index (χ4v) is 3.40. The van der Waals surface area contributed by atoms with E-state index in [2.05, 4.69) is 10.3 Å². The van der Waals surface area contributed by atoms with Crippen LogP contribution < -0.4 is 11.1 Å². The van der Waals surface area contributed by atoms with Gasteiger partial charge in [-0.15, -0.1) is 0 Å². The third-order valence-electron chi connectivity index (χ3n) is 3.46. The SMILES string of the molecule is NC1(CC(=O)Nc2nc3ccc(Cl)cc3s2)CCC1. The van der Waals surface area contributed by atoms with E-state index in [4.69, 9.17) is 17.3 Å². The van der Waals surface area contributed by atoms with E-state index in [-0.39, 0.29) is 11.4 Å². The van der Waals surface area contributed by atoms with Crippen molar-refractivity contribution in [3.05, 3.63) is 23.2 Å². The minimum atomic E-state index is -0.302. The van der Waals surface area contributed by atoms with Crippen LogP contribution in [0.4, 0.5) is 5.13 Å². The van der Waals surface area contributed by atoms with Crippen molar-refractivity contribution in [3.63, 3.8) is 0 Å². The second-order valence-electron chi connectivity index (χ2n) is 5.07. The van der Waals surface area contributed by atoms with Gasteiger partial charge in [-0.2, -0.15) is 0 Å². The summed E-state index contributed by atoms with van der Waals surface area (Å²) >= 11 is 7.35. The number of hydrogen-bond acceptors (Lipinski definition) is 4. The van der Waals surface area contributed by atoms with Crippen LogP contribution in [0.3, 0.4) is 0 Å². The molecule has 1 aliphatic carbocycles. The lowest BCUT2D eigenvalue weighted by Crippen LogP contribution is -2.48.